The van der Waals surface area contributed by atoms with Crippen LogP contribution in [-0.2, 0) is 6.42 Å². The Morgan fingerprint density at radius 1 is 1.00 bits per heavy atom. The number of nitrogens with zero attached hydrogens (tertiary/aromatic N) is 3. The number of nitrogens with one attached hydrogen (secondary N) is 2. The molecule has 0 bridgehead atoms. The van der Waals surface area contributed by atoms with Crippen molar-refractivity contribution in [2.45, 2.75) is 66.2 Å². The summed E-state index contributed by atoms with van der Waals surface area (Å²) in [7, 11) is 1.85. The molecule has 28 heavy (non-hydrogen) atoms. The van der Waals surface area contributed by atoms with Gasteiger partial charge in [0.1, 0.15) is 5.82 Å². The second kappa shape index (κ2) is 10.8. The van der Waals surface area contributed by atoms with Crippen molar-refractivity contribution in [2.75, 3.05) is 30.8 Å². The van der Waals surface area contributed by atoms with Crippen LogP contribution in [0.1, 0.15) is 71.2 Å². The second-order valence-corrected chi connectivity index (χ2v) is 7.15. The molecule has 0 aliphatic carbocycles. The molecule has 0 spiro atoms. The summed E-state index contributed by atoms with van der Waals surface area (Å²) >= 11 is 0. The molecule has 0 aliphatic rings. The largest absolute Gasteiger partial charge is 0.475 e. The van der Waals surface area contributed by atoms with E-state index in [-0.39, 0.29) is 0 Å². The van der Waals surface area contributed by atoms with Gasteiger partial charge in [-0.3, -0.25) is 0 Å². The number of ether oxygens (including phenoxy) is 1. The quantitative estimate of drug-likeness (QED) is 0.514. The summed E-state index contributed by atoms with van der Waals surface area (Å²) in [5.41, 5.74) is 3.81. The van der Waals surface area contributed by atoms with Crippen molar-refractivity contribution in [3.05, 3.63) is 23.5 Å². The standard InChI is InChI=1S/C22H35N5O/c1-7-10-11-14-28-22-21(23-6)27-19(17(8-2)26-22)16-12-13-18(15(4)5)25-20(16)24-9-3/h12-13,15H,7-11,14H2,1-6H3,(H,23,27)(H,24,25). The lowest BCUT2D eigenvalue weighted by molar-refractivity contribution is 0.294. The Labute approximate surface area is 169 Å². The van der Waals surface area contributed by atoms with Crippen LogP contribution in [0.15, 0.2) is 12.1 Å². The van der Waals surface area contributed by atoms with Gasteiger partial charge >= 0.3 is 0 Å². The highest BCUT2D eigenvalue weighted by Gasteiger charge is 2.18. The van der Waals surface area contributed by atoms with Gasteiger partial charge in [0.15, 0.2) is 5.82 Å². The molecule has 0 atom stereocenters. The smallest absolute Gasteiger partial charge is 0.257 e. The average molecular weight is 386 g/mol. The third-order valence-electron chi connectivity index (χ3n) is 4.60. The van der Waals surface area contributed by atoms with Gasteiger partial charge in [-0.15, -0.1) is 0 Å². The van der Waals surface area contributed by atoms with E-state index >= 15 is 0 Å². The number of aromatic nitrogens is 3. The first-order chi connectivity index (χ1) is 13.5. The number of anilines is 2. The van der Waals surface area contributed by atoms with Crippen LogP contribution in [0.2, 0.25) is 0 Å². The Morgan fingerprint density at radius 2 is 1.79 bits per heavy atom. The van der Waals surface area contributed by atoms with Gasteiger partial charge in [0, 0.05) is 24.8 Å². The molecule has 0 saturated carbocycles. The Hall–Kier alpha value is -2.37. The van der Waals surface area contributed by atoms with Crippen molar-refractivity contribution < 1.29 is 4.74 Å². The van der Waals surface area contributed by atoms with E-state index in [1.54, 1.807) is 0 Å². The van der Waals surface area contributed by atoms with Gasteiger partial charge in [-0.2, -0.15) is 0 Å². The molecule has 0 aromatic carbocycles. The van der Waals surface area contributed by atoms with Gasteiger partial charge < -0.3 is 15.4 Å². The zero-order valence-corrected chi connectivity index (χ0v) is 18.2. The van der Waals surface area contributed by atoms with Gasteiger partial charge in [-0.1, -0.05) is 40.5 Å². The molecule has 2 aromatic rings. The van der Waals surface area contributed by atoms with Gasteiger partial charge in [-0.25, -0.2) is 15.0 Å². The maximum Gasteiger partial charge on any atom is 0.257 e. The summed E-state index contributed by atoms with van der Waals surface area (Å²) < 4.78 is 5.92. The van der Waals surface area contributed by atoms with E-state index in [0.717, 1.165) is 54.3 Å². The van der Waals surface area contributed by atoms with Crippen LogP contribution in [0.5, 0.6) is 5.88 Å². The third kappa shape index (κ3) is 5.33. The van der Waals surface area contributed by atoms with E-state index in [0.29, 0.717) is 24.2 Å². The van der Waals surface area contributed by atoms with E-state index in [9.17, 15) is 0 Å². The number of unbranched alkanes of at least 4 members (excludes halogenated alkanes) is 2. The first-order valence-electron chi connectivity index (χ1n) is 10.5. The fraction of sp³-hybridized carbons (Fsp3) is 0.591. The number of pyridine rings is 1. The summed E-state index contributed by atoms with van der Waals surface area (Å²) in [6.07, 6.45) is 4.12. The van der Waals surface area contributed by atoms with Crippen molar-refractivity contribution in [3.63, 3.8) is 0 Å². The number of hydrogen-bond donors (Lipinski definition) is 2. The third-order valence-corrected chi connectivity index (χ3v) is 4.60. The highest BCUT2D eigenvalue weighted by atomic mass is 16.5. The average Bonchev–Trinajstić information content (AvgIpc) is 2.71. The summed E-state index contributed by atoms with van der Waals surface area (Å²) in [6.45, 7) is 12.1. The fourth-order valence-corrected chi connectivity index (χ4v) is 2.99. The minimum Gasteiger partial charge on any atom is -0.475 e. The van der Waals surface area contributed by atoms with E-state index in [1.165, 1.54) is 6.42 Å². The molecule has 0 aliphatic heterocycles. The molecule has 0 unspecified atom stereocenters. The molecular formula is C22H35N5O. The molecule has 2 heterocycles. The van der Waals surface area contributed by atoms with Crippen LogP contribution in [0.4, 0.5) is 11.6 Å². The Kier molecular flexibility index (Phi) is 8.48. The van der Waals surface area contributed by atoms with E-state index in [2.05, 4.69) is 57.4 Å². The minimum absolute atomic E-state index is 0.370. The summed E-state index contributed by atoms with van der Waals surface area (Å²) in [4.78, 5) is 14.5. The second-order valence-electron chi connectivity index (χ2n) is 7.15. The molecule has 2 N–H and O–H groups in total. The van der Waals surface area contributed by atoms with Gasteiger partial charge in [-0.05, 0) is 37.8 Å². The SMILES string of the molecule is CCCCCOc1nc(CC)c(-c2ccc(C(C)C)nc2NCC)nc1NC. The molecule has 154 valence electrons. The topological polar surface area (TPSA) is 72.0 Å². The van der Waals surface area contributed by atoms with Crippen LogP contribution in [-0.4, -0.2) is 35.2 Å². The van der Waals surface area contributed by atoms with Crippen molar-refractivity contribution in [1.82, 2.24) is 15.0 Å². The summed E-state index contributed by atoms with van der Waals surface area (Å²) in [5.74, 6) is 2.47. The monoisotopic (exact) mass is 385 g/mol. The Balaban J connectivity index is 2.47. The first kappa shape index (κ1) is 21.9. The molecule has 2 aromatic heterocycles. The maximum atomic E-state index is 5.92. The molecule has 0 amide bonds. The highest BCUT2D eigenvalue weighted by Crippen LogP contribution is 2.33. The minimum atomic E-state index is 0.370. The zero-order chi connectivity index (χ0) is 20.5. The Bertz CT molecular complexity index is 761. The van der Waals surface area contributed by atoms with Crippen molar-refractivity contribution in [1.29, 1.82) is 0 Å². The molecule has 2 rings (SSSR count). The number of aryl methyl sites for hydroxylation is 1. The van der Waals surface area contributed by atoms with E-state index in [4.69, 9.17) is 19.7 Å². The van der Waals surface area contributed by atoms with Crippen molar-refractivity contribution in [2.24, 2.45) is 0 Å². The lowest BCUT2D eigenvalue weighted by Crippen LogP contribution is -2.10. The van der Waals surface area contributed by atoms with Crippen LogP contribution < -0.4 is 15.4 Å². The Morgan fingerprint density at radius 3 is 2.39 bits per heavy atom. The normalized spacial score (nSPS) is 11.0. The molecule has 0 saturated heterocycles. The lowest BCUT2D eigenvalue weighted by atomic mass is 10.0. The van der Waals surface area contributed by atoms with Crippen LogP contribution in [0.25, 0.3) is 11.3 Å². The molecule has 6 nitrogen and oxygen atoms in total. The first-order valence-corrected chi connectivity index (χ1v) is 10.5. The van der Waals surface area contributed by atoms with Crippen LogP contribution in [0, 0.1) is 0 Å². The summed E-state index contributed by atoms with van der Waals surface area (Å²) in [5, 5.41) is 6.53. The van der Waals surface area contributed by atoms with Crippen LogP contribution in [0.3, 0.4) is 0 Å². The molecule has 0 radical (unpaired) electrons. The highest BCUT2D eigenvalue weighted by molar-refractivity contribution is 5.76. The van der Waals surface area contributed by atoms with Gasteiger partial charge in [0.2, 0.25) is 0 Å². The van der Waals surface area contributed by atoms with Crippen molar-refractivity contribution >= 4 is 11.6 Å². The maximum absolute atomic E-state index is 5.92. The predicted molar refractivity (Wildman–Crippen MR) is 117 cm³/mol. The number of hydrogen-bond acceptors (Lipinski definition) is 6. The number of rotatable bonds is 11. The van der Waals surface area contributed by atoms with Gasteiger partial charge in [0.25, 0.3) is 5.88 Å². The summed E-state index contributed by atoms with van der Waals surface area (Å²) in [6, 6.07) is 4.18. The predicted octanol–water partition coefficient (Wildman–Crippen LogP) is 5.27. The lowest BCUT2D eigenvalue weighted by Gasteiger charge is -2.17. The van der Waals surface area contributed by atoms with Crippen molar-refractivity contribution in [3.8, 4) is 17.1 Å². The van der Waals surface area contributed by atoms with E-state index in [1.807, 2.05) is 7.05 Å². The molecular weight excluding hydrogens is 350 g/mol. The molecule has 6 heteroatoms. The zero-order valence-electron chi connectivity index (χ0n) is 18.2. The van der Waals surface area contributed by atoms with Crippen LogP contribution >= 0.6 is 0 Å². The van der Waals surface area contributed by atoms with E-state index < -0.39 is 0 Å². The van der Waals surface area contributed by atoms with Gasteiger partial charge in [0.05, 0.1) is 18.0 Å². The fourth-order valence-electron chi connectivity index (χ4n) is 2.99. The molecule has 0 fully saturated rings.